The van der Waals surface area contributed by atoms with E-state index in [4.69, 9.17) is 0 Å². The maximum atomic E-state index is 11.8. The Bertz CT molecular complexity index is 482. The number of hydrogen-bond donors (Lipinski definition) is 3. The third kappa shape index (κ3) is 5.48. The largest absolute Gasteiger partial charge is 0.358 e. The zero-order chi connectivity index (χ0) is 15.8. The molecule has 22 heavy (non-hydrogen) atoms. The van der Waals surface area contributed by atoms with Crippen LogP contribution in [0.15, 0.2) is 30.3 Å². The number of hydrogen-bond acceptors (Lipinski definition) is 2. The smallest absolute Gasteiger partial charge is 0.275 e. The summed E-state index contributed by atoms with van der Waals surface area (Å²) in [5.41, 5.74) is 1.40. The van der Waals surface area contributed by atoms with Crippen molar-refractivity contribution in [3.8, 4) is 0 Å². The second kappa shape index (κ2) is 8.54. The lowest BCUT2D eigenvalue weighted by Crippen LogP contribution is -3.14. The molecule has 0 aromatic heterocycles. The van der Waals surface area contributed by atoms with Gasteiger partial charge in [-0.05, 0) is 30.7 Å². The Morgan fingerprint density at radius 2 is 1.82 bits per heavy atom. The van der Waals surface area contributed by atoms with Crippen LogP contribution < -0.4 is 15.5 Å². The summed E-state index contributed by atoms with van der Waals surface area (Å²) in [4.78, 5) is 24.2. The quantitative estimate of drug-likeness (QED) is 0.656. The first-order valence-corrected chi connectivity index (χ1v) is 8.02. The van der Waals surface area contributed by atoms with Gasteiger partial charge in [-0.2, -0.15) is 0 Å². The van der Waals surface area contributed by atoms with Crippen molar-refractivity contribution in [3.05, 3.63) is 35.9 Å². The van der Waals surface area contributed by atoms with E-state index in [1.54, 1.807) is 7.05 Å². The molecule has 2 rings (SSSR count). The molecule has 1 aliphatic rings. The molecule has 0 bridgehead atoms. The van der Waals surface area contributed by atoms with E-state index in [0.29, 0.717) is 6.54 Å². The number of benzene rings is 1. The highest BCUT2D eigenvalue weighted by Crippen LogP contribution is 2.16. The van der Waals surface area contributed by atoms with Gasteiger partial charge in [0, 0.05) is 7.05 Å². The summed E-state index contributed by atoms with van der Waals surface area (Å²) in [5.74, 6) is 0.519. The molecule has 1 heterocycles. The molecule has 3 N–H and O–H groups in total. The highest BCUT2D eigenvalue weighted by Gasteiger charge is 2.24. The van der Waals surface area contributed by atoms with Crippen LogP contribution >= 0.6 is 0 Å². The van der Waals surface area contributed by atoms with Crippen LogP contribution in [0.2, 0.25) is 0 Å². The van der Waals surface area contributed by atoms with Crippen LogP contribution in [0.3, 0.4) is 0 Å². The summed E-state index contributed by atoms with van der Waals surface area (Å²) in [6.07, 6.45) is 3.46. The first kappa shape index (κ1) is 16.5. The lowest BCUT2D eigenvalue weighted by Gasteiger charge is -2.28. The average molecular weight is 304 g/mol. The second-order valence-electron chi connectivity index (χ2n) is 6.01. The van der Waals surface area contributed by atoms with Crippen molar-refractivity contribution in [3.63, 3.8) is 0 Å². The van der Waals surface area contributed by atoms with Crippen LogP contribution in [0, 0.1) is 5.92 Å². The van der Waals surface area contributed by atoms with Crippen molar-refractivity contribution in [2.24, 2.45) is 5.92 Å². The topological polar surface area (TPSA) is 62.6 Å². The van der Waals surface area contributed by atoms with Gasteiger partial charge in [-0.15, -0.1) is 0 Å². The molecule has 0 spiro atoms. The van der Waals surface area contributed by atoms with E-state index in [0.717, 1.165) is 38.3 Å². The molecular weight excluding hydrogens is 278 g/mol. The summed E-state index contributed by atoms with van der Waals surface area (Å²) in [7, 11) is 1.57. The van der Waals surface area contributed by atoms with Crippen molar-refractivity contribution in [1.29, 1.82) is 0 Å². The minimum absolute atomic E-state index is 0.0416. The average Bonchev–Trinajstić information content (AvgIpc) is 2.55. The Kier molecular flexibility index (Phi) is 6.40. The Morgan fingerprint density at radius 1 is 1.14 bits per heavy atom. The van der Waals surface area contributed by atoms with Crippen LogP contribution in [0.1, 0.15) is 18.4 Å². The van der Waals surface area contributed by atoms with Gasteiger partial charge < -0.3 is 15.5 Å². The van der Waals surface area contributed by atoms with Gasteiger partial charge in [-0.3, -0.25) is 9.59 Å². The van der Waals surface area contributed by atoms with Gasteiger partial charge in [-0.1, -0.05) is 30.3 Å². The van der Waals surface area contributed by atoms with Crippen molar-refractivity contribution in [1.82, 2.24) is 10.6 Å². The van der Waals surface area contributed by atoms with Crippen LogP contribution in [-0.4, -0.2) is 45.0 Å². The molecule has 5 nitrogen and oxygen atoms in total. The standard InChI is InChI=1S/C17H25N3O2/c1-18-16(21)12-19-17(22)13-20-9-7-15(8-10-20)11-14-5-3-2-4-6-14/h2-6,15H,7-13H2,1H3,(H,18,21)(H,19,22)/p+1. The van der Waals surface area contributed by atoms with Crippen LogP contribution in [-0.2, 0) is 16.0 Å². The number of quaternary nitrogens is 1. The molecule has 0 saturated carbocycles. The van der Waals surface area contributed by atoms with E-state index in [1.165, 1.54) is 10.5 Å². The molecule has 5 heteroatoms. The summed E-state index contributed by atoms with van der Waals surface area (Å²) in [6, 6.07) is 10.6. The number of likely N-dealkylation sites (N-methyl/N-ethyl adjacent to an activating group) is 1. The van der Waals surface area contributed by atoms with Crippen molar-refractivity contribution in [2.45, 2.75) is 19.3 Å². The summed E-state index contributed by atoms with van der Waals surface area (Å²) in [5, 5.41) is 5.15. The third-order valence-corrected chi connectivity index (χ3v) is 4.31. The van der Waals surface area contributed by atoms with E-state index < -0.39 is 0 Å². The molecule has 1 aromatic carbocycles. The highest BCUT2D eigenvalue weighted by molar-refractivity contribution is 5.84. The van der Waals surface area contributed by atoms with Crippen LogP contribution in [0.5, 0.6) is 0 Å². The monoisotopic (exact) mass is 304 g/mol. The van der Waals surface area contributed by atoms with Gasteiger partial charge in [0.25, 0.3) is 5.91 Å². The maximum Gasteiger partial charge on any atom is 0.275 e. The summed E-state index contributed by atoms with van der Waals surface area (Å²) >= 11 is 0. The third-order valence-electron chi connectivity index (χ3n) is 4.31. The number of rotatable bonds is 6. The minimum Gasteiger partial charge on any atom is -0.358 e. The molecule has 2 amide bonds. The van der Waals surface area contributed by atoms with Gasteiger partial charge >= 0.3 is 0 Å². The molecule has 0 radical (unpaired) electrons. The second-order valence-corrected chi connectivity index (χ2v) is 6.01. The number of likely N-dealkylation sites (tertiary alicyclic amines) is 1. The zero-order valence-corrected chi connectivity index (χ0v) is 13.2. The van der Waals surface area contributed by atoms with Crippen molar-refractivity contribution in [2.75, 3.05) is 33.2 Å². The number of carbonyl (C=O) groups is 2. The van der Waals surface area contributed by atoms with E-state index >= 15 is 0 Å². The van der Waals surface area contributed by atoms with Gasteiger partial charge in [0.2, 0.25) is 5.91 Å². The molecule has 1 fully saturated rings. The molecule has 0 aliphatic carbocycles. The molecule has 0 atom stereocenters. The Morgan fingerprint density at radius 3 is 2.45 bits per heavy atom. The van der Waals surface area contributed by atoms with Gasteiger partial charge in [0.1, 0.15) is 0 Å². The Labute approximate surface area is 132 Å². The summed E-state index contributed by atoms with van der Waals surface area (Å²) in [6.45, 7) is 2.60. The number of amides is 2. The molecule has 0 unspecified atom stereocenters. The van der Waals surface area contributed by atoms with Crippen LogP contribution in [0.4, 0.5) is 0 Å². The first-order valence-electron chi connectivity index (χ1n) is 8.02. The Balaban J connectivity index is 1.66. The molecule has 1 saturated heterocycles. The van der Waals surface area contributed by atoms with Gasteiger partial charge in [-0.25, -0.2) is 0 Å². The maximum absolute atomic E-state index is 11.8. The predicted octanol–water partition coefficient (Wildman–Crippen LogP) is -0.614. The number of carbonyl (C=O) groups excluding carboxylic acids is 2. The SMILES string of the molecule is CNC(=O)CNC(=O)C[NH+]1CCC(Cc2ccccc2)CC1. The van der Waals surface area contributed by atoms with Crippen molar-refractivity contribution >= 4 is 11.8 Å². The minimum atomic E-state index is -0.162. The molecule has 1 aliphatic heterocycles. The van der Waals surface area contributed by atoms with Gasteiger partial charge in [0.15, 0.2) is 6.54 Å². The highest BCUT2D eigenvalue weighted by atomic mass is 16.2. The van der Waals surface area contributed by atoms with Crippen molar-refractivity contribution < 1.29 is 14.5 Å². The normalized spacial score (nSPS) is 21.1. The fourth-order valence-corrected chi connectivity index (χ4v) is 2.97. The van der Waals surface area contributed by atoms with E-state index in [1.807, 2.05) is 6.07 Å². The number of nitrogens with one attached hydrogen (secondary N) is 3. The molecule has 120 valence electrons. The van der Waals surface area contributed by atoms with Gasteiger partial charge in [0.05, 0.1) is 19.6 Å². The lowest BCUT2D eigenvalue weighted by atomic mass is 9.90. The van der Waals surface area contributed by atoms with Crippen LogP contribution in [0.25, 0.3) is 0 Å². The van der Waals surface area contributed by atoms with E-state index in [-0.39, 0.29) is 18.4 Å². The predicted molar refractivity (Wildman–Crippen MR) is 85.5 cm³/mol. The summed E-state index contributed by atoms with van der Waals surface area (Å²) < 4.78 is 0. The Hall–Kier alpha value is -1.88. The zero-order valence-electron chi connectivity index (χ0n) is 13.2. The molecular formula is C17H26N3O2+. The van der Waals surface area contributed by atoms with E-state index in [9.17, 15) is 9.59 Å². The molecule has 1 aromatic rings. The fraction of sp³-hybridized carbons (Fsp3) is 0.529. The fourth-order valence-electron chi connectivity index (χ4n) is 2.97. The van der Waals surface area contributed by atoms with E-state index in [2.05, 4.69) is 34.9 Å². The number of piperidine rings is 1. The first-order chi connectivity index (χ1) is 10.7. The lowest BCUT2D eigenvalue weighted by molar-refractivity contribution is -0.898.